The number of nitrogens with zero attached hydrogens (tertiary/aromatic N) is 3. The number of hydrazone groups is 1. The van der Waals surface area contributed by atoms with Gasteiger partial charge in [0.15, 0.2) is 0 Å². The lowest BCUT2D eigenvalue weighted by molar-refractivity contribution is -0.384. The molecule has 31 heavy (non-hydrogen) atoms. The van der Waals surface area contributed by atoms with Crippen LogP contribution in [-0.4, -0.2) is 28.7 Å². The van der Waals surface area contributed by atoms with Crippen LogP contribution in [0.1, 0.15) is 33.9 Å². The quantitative estimate of drug-likeness (QED) is 0.364. The lowest BCUT2D eigenvalue weighted by Gasteiger charge is -2.22. The molecule has 1 amide bonds. The molecule has 1 atom stereocenters. The fourth-order valence-corrected chi connectivity index (χ4v) is 3.75. The van der Waals surface area contributed by atoms with Gasteiger partial charge in [-0.25, -0.2) is 5.01 Å². The number of rotatable bonds is 5. The number of hydrogen-bond acceptors (Lipinski definition) is 5. The van der Waals surface area contributed by atoms with E-state index in [9.17, 15) is 14.9 Å². The van der Waals surface area contributed by atoms with Crippen molar-refractivity contribution in [3.05, 3.63) is 104 Å². The van der Waals surface area contributed by atoms with Gasteiger partial charge in [-0.05, 0) is 59.7 Å². The van der Waals surface area contributed by atoms with Crippen LogP contribution in [0.3, 0.4) is 0 Å². The SMILES string of the molecule is COc1ccc(C2=NN(C(=O)c3ccc(Br)cc3)[C@@H](c3cccc([N+](=O)[O-])c3)C2)cc1. The van der Waals surface area contributed by atoms with E-state index in [4.69, 9.17) is 4.74 Å². The van der Waals surface area contributed by atoms with E-state index in [0.717, 1.165) is 21.5 Å². The highest BCUT2D eigenvalue weighted by Gasteiger charge is 2.34. The van der Waals surface area contributed by atoms with E-state index in [-0.39, 0.29) is 11.6 Å². The number of benzene rings is 3. The van der Waals surface area contributed by atoms with E-state index in [1.54, 1.807) is 43.5 Å². The number of nitro groups is 1. The molecule has 0 saturated carbocycles. The van der Waals surface area contributed by atoms with Crippen LogP contribution in [0.15, 0.2) is 82.4 Å². The normalized spacial score (nSPS) is 15.5. The molecule has 3 aromatic carbocycles. The molecule has 0 bridgehead atoms. The zero-order chi connectivity index (χ0) is 22.0. The van der Waals surface area contributed by atoms with Crippen LogP contribution < -0.4 is 4.74 Å². The standard InChI is InChI=1S/C23H18BrN3O4/c1-31-20-11-7-15(8-12-20)21-14-22(17-3-2-4-19(13-17)27(29)30)26(25-21)23(28)16-5-9-18(24)10-6-16/h2-13,22H,14H2,1H3/t22-/m1/s1. The molecular weight excluding hydrogens is 462 g/mol. The molecule has 0 aliphatic carbocycles. The maximum Gasteiger partial charge on any atom is 0.274 e. The summed E-state index contributed by atoms with van der Waals surface area (Å²) in [5.41, 5.74) is 2.71. The highest BCUT2D eigenvalue weighted by Crippen LogP contribution is 2.35. The van der Waals surface area contributed by atoms with Crippen molar-refractivity contribution in [1.82, 2.24) is 5.01 Å². The summed E-state index contributed by atoms with van der Waals surface area (Å²) in [5.74, 6) is 0.452. The Bertz CT molecular complexity index is 1160. The third-order valence-corrected chi connectivity index (χ3v) is 5.63. The molecule has 156 valence electrons. The first kappa shape index (κ1) is 20.7. The Morgan fingerprint density at radius 3 is 2.48 bits per heavy atom. The molecule has 7 nitrogen and oxygen atoms in total. The van der Waals surface area contributed by atoms with Crippen LogP contribution in [0.4, 0.5) is 5.69 Å². The van der Waals surface area contributed by atoms with Crippen LogP contribution in [0, 0.1) is 10.1 Å². The van der Waals surface area contributed by atoms with E-state index in [0.29, 0.717) is 17.5 Å². The van der Waals surface area contributed by atoms with Crippen LogP contribution in [0.5, 0.6) is 5.75 Å². The summed E-state index contributed by atoms with van der Waals surface area (Å²) in [4.78, 5) is 24.1. The number of halogens is 1. The molecule has 3 aromatic rings. The summed E-state index contributed by atoms with van der Waals surface area (Å²) < 4.78 is 6.08. The fraction of sp³-hybridized carbons (Fsp3) is 0.130. The minimum Gasteiger partial charge on any atom is -0.497 e. The second-order valence-corrected chi connectivity index (χ2v) is 7.92. The molecule has 0 spiro atoms. The molecule has 0 aromatic heterocycles. The molecule has 1 aliphatic heterocycles. The third-order valence-electron chi connectivity index (χ3n) is 5.10. The van der Waals surface area contributed by atoms with Crippen molar-refractivity contribution in [2.45, 2.75) is 12.5 Å². The van der Waals surface area contributed by atoms with Crippen LogP contribution in [0.25, 0.3) is 0 Å². The fourth-order valence-electron chi connectivity index (χ4n) is 3.49. The minimum atomic E-state index is -0.451. The Labute approximate surface area is 187 Å². The molecule has 4 rings (SSSR count). The maximum atomic E-state index is 13.3. The zero-order valence-electron chi connectivity index (χ0n) is 16.6. The molecule has 0 radical (unpaired) electrons. The molecule has 0 saturated heterocycles. The van der Waals surface area contributed by atoms with E-state index in [2.05, 4.69) is 21.0 Å². The van der Waals surface area contributed by atoms with Gasteiger partial charge in [0.1, 0.15) is 5.75 Å². The van der Waals surface area contributed by atoms with Crippen molar-refractivity contribution in [1.29, 1.82) is 0 Å². The average molecular weight is 480 g/mol. The number of methoxy groups -OCH3 is 1. The number of carbonyl (C=O) groups excluding carboxylic acids is 1. The van der Waals surface area contributed by atoms with Crippen molar-refractivity contribution in [2.24, 2.45) is 5.10 Å². The van der Waals surface area contributed by atoms with Crippen LogP contribution in [0.2, 0.25) is 0 Å². The second-order valence-electron chi connectivity index (χ2n) is 7.00. The van der Waals surface area contributed by atoms with E-state index >= 15 is 0 Å². The zero-order valence-corrected chi connectivity index (χ0v) is 18.2. The van der Waals surface area contributed by atoms with E-state index in [1.807, 2.05) is 24.3 Å². The van der Waals surface area contributed by atoms with Gasteiger partial charge in [0.25, 0.3) is 11.6 Å². The van der Waals surface area contributed by atoms with Crippen molar-refractivity contribution in [3.8, 4) is 5.75 Å². The predicted molar refractivity (Wildman–Crippen MR) is 120 cm³/mol. The first-order chi connectivity index (χ1) is 15.0. The number of nitro benzene ring substituents is 1. The van der Waals surface area contributed by atoms with Gasteiger partial charge in [-0.1, -0.05) is 28.1 Å². The van der Waals surface area contributed by atoms with Crippen LogP contribution >= 0.6 is 15.9 Å². The van der Waals surface area contributed by atoms with Crippen molar-refractivity contribution < 1.29 is 14.5 Å². The topological polar surface area (TPSA) is 85.0 Å². The summed E-state index contributed by atoms with van der Waals surface area (Å²) in [6.07, 6.45) is 0.440. The monoisotopic (exact) mass is 479 g/mol. The number of non-ortho nitro benzene ring substituents is 1. The van der Waals surface area contributed by atoms with Gasteiger partial charge in [-0.15, -0.1) is 0 Å². The minimum absolute atomic E-state index is 0.0218. The summed E-state index contributed by atoms with van der Waals surface area (Å²) >= 11 is 3.37. The molecule has 0 unspecified atom stereocenters. The summed E-state index contributed by atoms with van der Waals surface area (Å²) in [6, 6.07) is 20.4. The molecule has 0 fully saturated rings. The van der Waals surface area contributed by atoms with Crippen molar-refractivity contribution in [2.75, 3.05) is 7.11 Å². The Hall–Kier alpha value is -3.52. The highest BCUT2D eigenvalue weighted by atomic mass is 79.9. The van der Waals surface area contributed by atoms with Crippen molar-refractivity contribution >= 4 is 33.2 Å². The number of ether oxygens (including phenoxy) is 1. The predicted octanol–water partition coefficient (Wildman–Crippen LogP) is 5.36. The maximum absolute atomic E-state index is 13.3. The molecule has 1 heterocycles. The van der Waals surface area contributed by atoms with Gasteiger partial charge < -0.3 is 4.74 Å². The summed E-state index contributed by atoms with van der Waals surface area (Å²) in [7, 11) is 1.60. The largest absolute Gasteiger partial charge is 0.497 e. The third kappa shape index (κ3) is 4.34. The first-order valence-corrected chi connectivity index (χ1v) is 10.3. The highest BCUT2D eigenvalue weighted by molar-refractivity contribution is 9.10. The Balaban J connectivity index is 1.73. The van der Waals surface area contributed by atoms with Gasteiger partial charge in [-0.3, -0.25) is 14.9 Å². The number of hydrogen-bond donors (Lipinski definition) is 0. The summed E-state index contributed by atoms with van der Waals surface area (Å²) in [6.45, 7) is 0. The summed E-state index contributed by atoms with van der Waals surface area (Å²) in [5, 5.41) is 17.3. The lowest BCUT2D eigenvalue weighted by Crippen LogP contribution is -2.27. The van der Waals surface area contributed by atoms with Crippen molar-refractivity contribution in [3.63, 3.8) is 0 Å². The Morgan fingerprint density at radius 2 is 1.84 bits per heavy atom. The second kappa shape index (κ2) is 8.69. The van der Waals surface area contributed by atoms with Gasteiger partial charge in [0, 0.05) is 28.6 Å². The van der Waals surface area contributed by atoms with Gasteiger partial charge in [-0.2, -0.15) is 5.10 Å². The van der Waals surface area contributed by atoms with Gasteiger partial charge in [0.2, 0.25) is 0 Å². The number of amides is 1. The molecular formula is C23H18BrN3O4. The van der Waals surface area contributed by atoms with Gasteiger partial charge in [0.05, 0.1) is 23.8 Å². The van der Waals surface area contributed by atoms with E-state index < -0.39 is 11.0 Å². The first-order valence-electron chi connectivity index (χ1n) is 9.51. The Kier molecular flexibility index (Phi) is 5.81. The smallest absolute Gasteiger partial charge is 0.274 e. The average Bonchev–Trinajstić information content (AvgIpc) is 3.25. The lowest BCUT2D eigenvalue weighted by atomic mass is 9.97. The van der Waals surface area contributed by atoms with E-state index in [1.165, 1.54) is 17.1 Å². The molecule has 0 N–H and O–H groups in total. The molecule has 8 heteroatoms. The number of carbonyl (C=O) groups is 1. The molecule has 1 aliphatic rings. The Morgan fingerprint density at radius 1 is 1.13 bits per heavy atom. The van der Waals surface area contributed by atoms with Gasteiger partial charge >= 0.3 is 0 Å². The van der Waals surface area contributed by atoms with Crippen LogP contribution in [-0.2, 0) is 0 Å².